The molecule has 0 aliphatic rings. The van der Waals surface area contributed by atoms with Gasteiger partial charge in [0.2, 0.25) is 0 Å². The summed E-state index contributed by atoms with van der Waals surface area (Å²) in [6.45, 7) is 0. The first kappa shape index (κ1) is 7.51. The maximum absolute atomic E-state index is 8.23. The number of hydrogen-bond acceptors (Lipinski definition) is 1. The maximum atomic E-state index is 8.23. The van der Waals surface area contributed by atoms with Gasteiger partial charge in [0.25, 0.3) is 0 Å². The monoisotopic (exact) mass is 112 g/mol. The molecule has 0 saturated heterocycles. The van der Waals surface area contributed by atoms with Crippen LogP contribution in [-0.4, -0.2) is 39.3 Å². The Bertz CT molecular complexity index is 98.0. The molecule has 0 heterocycles. The molecule has 0 aromatic carbocycles. The van der Waals surface area contributed by atoms with Crippen molar-refractivity contribution in [3.63, 3.8) is 0 Å². The normalized spacial score (nSPS) is 10.8. The fourth-order valence-electron chi connectivity index (χ4n) is 0.545. The Morgan fingerprint density at radius 2 is 2.00 bits per heavy atom. The molecule has 0 bridgehead atoms. The molecule has 0 spiro atoms. The second kappa shape index (κ2) is 2.73. The van der Waals surface area contributed by atoms with Crippen molar-refractivity contribution in [2.45, 2.75) is 0 Å². The van der Waals surface area contributed by atoms with Gasteiger partial charge in [0.1, 0.15) is 7.28 Å². The molecule has 46 valence electrons. The first-order valence-electron chi connectivity index (χ1n) is 3.09. The van der Waals surface area contributed by atoms with Gasteiger partial charge in [0, 0.05) is 0 Å². The highest BCUT2D eigenvalue weighted by Crippen LogP contribution is 1.84. The van der Waals surface area contributed by atoms with Crippen LogP contribution in [0.2, 0.25) is 0 Å². The Kier molecular flexibility index (Phi) is 2.57. The molecule has 0 radical (unpaired) electrons. The fraction of sp³-hybridized carbons (Fsp3) is 0.800. The summed E-state index contributed by atoms with van der Waals surface area (Å²) in [6.07, 6.45) is 1.07. The van der Waals surface area contributed by atoms with Gasteiger partial charge in [-0.05, 0) is 6.44 Å². The smallest absolute Gasteiger partial charge is 0.135 e. The van der Waals surface area contributed by atoms with E-state index in [9.17, 15) is 0 Å². The number of nitriles is 1. The van der Waals surface area contributed by atoms with Crippen molar-refractivity contribution in [2.75, 3.05) is 27.6 Å². The molecule has 0 N–H and O–H groups in total. The van der Waals surface area contributed by atoms with Gasteiger partial charge in [-0.25, -0.2) is 0 Å². The highest BCUT2D eigenvalue weighted by atomic mass is 15.3. The lowest BCUT2D eigenvalue weighted by atomic mass is 9.80. The van der Waals surface area contributed by atoms with Gasteiger partial charge in [-0.15, -0.1) is 0 Å². The number of rotatable bonds is 2. The van der Waals surface area contributed by atoms with E-state index in [1.807, 2.05) is 0 Å². The number of quaternary nitrogens is 1. The van der Waals surface area contributed by atoms with Crippen molar-refractivity contribution in [3.05, 3.63) is 0 Å². The zero-order valence-corrected chi connectivity index (χ0v) is 6.10. The van der Waals surface area contributed by atoms with Crippen molar-refractivity contribution in [1.82, 2.24) is 0 Å². The first-order chi connectivity index (χ1) is 3.56. The van der Waals surface area contributed by atoms with Gasteiger partial charge in [-0.2, -0.15) is 5.97 Å². The van der Waals surface area contributed by atoms with E-state index in [2.05, 4.69) is 27.1 Å². The minimum absolute atomic E-state index is 0.299. The van der Waals surface area contributed by atoms with Gasteiger partial charge in [0.05, 0.1) is 21.1 Å². The maximum Gasteiger partial charge on any atom is 0.135 e. The van der Waals surface area contributed by atoms with Crippen LogP contribution >= 0.6 is 0 Å². The van der Waals surface area contributed by atoms with Gasteiger partial charge in [0.15, 0.2) is 0 Å². The van der Waals surface area contributed by atoms with Crippen molar-refractivity contribution in [1.29, 1.82) is 5.26 Å². The zero-order valence-electron chi connectivity index (χ0n) is 6.10. The molecule has 0 amide bonds. The van der Waals surface area contributed by atoms with E-state index in [1.165, 1.54) is 0 Å². The highest BCUT2D eigenvalue weighted by Gasteiger charge is 1.99. The van der Waals surface area contributed by atoms with Crippen molar-refractivity contribution in [3.8, 4) is 5.97 Å². The topological polar surface area (TPSA) is 23.8 Å². The molecular formula is C5H13BN2. The molecule has 0 rings (SSSR count). The van der Waals surface area contributed by atoms with Crippen LogP contribution in [0.1, 0.15) is 0 Å². The molecular weight excluding hydrogens is 98.9 g/mol. The average Bonchev–Trinajstić information content (AvgIpc) is 1.59. The van der Waals surface area contributed by atoms with Crippen LogP contribution < -0.4 is 0 Å². The highest BCUT2D eigenvalue weighted by molar-refractivity contribution is 6.44. The van der Waals surface area contributed by atoms with E-state index in [4.69, 9.17) is 5.26 Å². The van der Waals surface area contributed by atoms with Gasteiger partial charge >= 0.3 is 0 Å². The zero-order chi connectivity index (χ0) is 6.62. The third-order valence-corrected chi connectivity index (χ3v) is 1.26. The standard InChI is InChI=1S/C5H13BN2/c1-8(2,3)5-6-4-7/h5-6H2,1-3H3. The Balaban J connectivity index is 3.28. The molecule has 3 heteroatoms. The minimum atomic E-state index is -0.299. The Morgan fingerprint density at radius 3 is 2.12 bits per heavy atom. The lowest BCUT2D eigenvalue weighted by Gasteiger charge is -2.25. The molecule has 0 aliphatic carbocycles. The Morgan fingerprint density at radius 1 is 1.50 bits per heavy atom. The van der Waals surface area contributed by atoms with Crippen LogP contribution in [0, 0.1) is 11.2 Å². The number of nitrogens with zero attached hydrogens (tertiary/aromatic N) is 2. The fourth-order valence-corrected chi connectivity index (χ4v) is 0.545. The number of hydrogen-bond donors (Lipinski definition) is 0. The second-order valence-corrected chi connectivity index (χ2v) is 3.18. The summed E-state index contributed by atoms with van der Waals surface area (Å²) in [6, 6.07) is 0. The van der Waals surface area contributed by atoms with E-state index >= 15 is 0 Å². The van der Waals surface area contributed by atoms with Crippen LogP contribution in [0.3, 0.4) is 0 Å². The summed E-state index contributed by atoms with van der Waals surface area (Å²) in [5, 5.41) is 8.23. The van der Waals surface area contributed by atoms with E-state index in [-0.39, 0.29) is 7.28 Å². The van der Waals surface area contributed by atoms with E-state index in [1.54, 1.807) is 0 Å². The van der Waals surface area contributed by atoms with Crippen LogP contribution in [0.25, 0.3) is 0 Å². The largest absolute Gasteiger partial charge is 0.361 e. The molecule has 0 aliphatic heterocycles. The molecule has 0 atom stereocenters. The molecule has 2 nitrogen and oxygen atoms in total. The molecule has 0 saturated carbocycles. The third-order valence-electron chi connectivity index (χ3n) is 1.26. The summed E-state index contributed by atoms with van der Waals surface area (Å²) in [5.74, 6) is 2.23. The van der Waals surface area contributed by atoms with E-state index < -0.39 is 0 Å². The summed E-state index contributed by atoms with van der Waals surface area (Å²) < 4.78 is 0.938. The van der Waals surface area contributed by atoms with Gasteiger partial charge in [-0.1, -0.05) is 0 Å². The summed E-state index contributed by atoms with van der Waals surface area (Å²) in [5.41, 5.74) is 0. The SMILES string of the molecule is C[N+](C)(C)C[BH2-]C#N. The molecule has 0 unspecified atom stereocenters. The summed E-state index contributed by atoms with van der Waals surface area (Å²) in [4.78, 5) is 0. The minimum Gasteiger partial charge on any atom is -0.361 e. The van der Waals surface area contributed by atoms with Crippen LogP contribution in [-0.2, 0) is 0 Å². The second-order valence-electron chi connectivity index (χ2n) is 3.18. The lowest BCUT2D eigenvalue weighted by molar-refractivity contribution is -0.859. The van der Waals surface area contributed by atoms with Crippen molar-refractivity contribution >= 4 is 7.28 Å². The molecule has 0 fully saturated rings. The summed E-state index contributed by atoms with van der Waals surface area (Å²) in [7, 11) is 6.04. The molecule has 0 aromatic rings. The van der Waals surface area contributed by atoms with Gasteiger partial charge in [-0.3, -0.25) is 5.26 Å². The Labute approximate surface area is 51.5 Å². The third kappa shape index (κ3) is 5.51. The quantitative estimate of drug-likeness (QED) is 0.342. The summed E-state index contributed by atoms with van der Waals surface area (Å²) >= 11 is 0. The van der Waals surface area contributed by atoms with Gasteiger partial charge < -0.3 is 4.48 Å². The van der Waals surface area contributed by atoms with Crippen LogP contribution in [0.5, 0.6) is 0 Å². The lowest BCUT2D eigenvalue weighted by Crippen LogP contribution is -2.37. The predicted molar refractivity (Wildman–Crippen MR) is 37.1 cm³/mol. The average molecular weight is 112 g/mol. The predicted octanol–water partition coefficient (Wildman–Crippen LogP) is -0.700. The van der Waals surface area contributed by atoms with E-state index in [0.29, 0.717) is 0 Å². The van der Waals surface area contributed by atoms with Crippen molar-refractivity contribution < 1.29 is 4.48 Å². The molecule has 0 aromatic heterocycles. The van der Waals surface area contributed by atoms with Crippen LogP contribution in [0.15, 0.2) is 0 Å². The van der Waals surface area contributed by atoms with E-state index in [0.717, 1.165) is 10.9 Å². The van der Waals surface area contributed by atoms with Crippen molar-refractivity contribution in [2.24, 2.45) is 0 Å². The first-order valence-corrected chi connectivity index (χ1v) is 3.09. The molecule has 8 heavy (non-hydrogen) atoms. The Hall–Kier alpha value is -0.485. The van der Waals surface area contributed by atoms with Crippen LogP contribution in [0.4, 0.5) is 0 Å².